The summed E-state index contributed by atoms with van der Waals surface area (Å²) in [5.74, 6) is -0.175. The van der Waals surface area contributed by atoms with Gasteiger partial charge in [-0.2, -0.15) is 0 Å². The third-order valence-corrected chi connectivity index (χ3v) is 5.03. The molecule has 1 atom stereocenters. The second-order valence-electron chi connectivity index (χ2n) is 5.75. The van der Waals surface area contributed by atoms with E-state index in [1.807, 2.05) is 42.3 Å². The normalized spacial score (nSPS) is 16.9. The molecule has 1 fully saturated rings. The molecule has 1 saturated heterocycles. The fourth-order valence-corrected chi connectivity index (χ4v) is 3.40. The van der Waals surface area contributed by atoms with Crippen LogP contribution in [0.25, 0.3) is 0 Å². The molecule has 1 aromatic rings. The van der Waals surface area contributed by atoms with Gasteiger partial charge in [0.05, 0.1) is 0 Å². The van der Waals surface area contributed by atoms with Gasteiger partial charge in [-0.1, -0.05) is 65.1 Å². The van der Waals surface area contributed by atoms with Crippen LogP contribution in [0.3, 0.4) is 0 Å². The molecule has 132 valence electrons. The van der Waals surface area contributed by atoms with Crippen molar-refractivity contribution >= 4 is 58.0 Å². The Morgan fingerprint density at radius 1 is 1.29 bits per heavy atom. The molecule has 0 aromatic heterocycles. The van der Waals surface area contributed by atoms with E-state index in [9.17, 15) is 4.79 Å². The van der Waals surface area contributed by atoms with E-state index >= 15 is 0 Å². The van der Waals surface area contributed by atoms with E-state index in [2.05, 4.69) is 5.32 Å². The van der Waals surface area contributed by atoms with Crippen molar-refractivity contribution in [3.63, 3.8) is 0 Å². The first-order chi connectivity index (χ1) is 11.3. The Bertz CT molecular complexity index is 580. The molecule has 0 aliphatic carbocycles. The number of aryl methyl sites for hydroxylation is 1. The zero-order valence-corrected chi connectivity index (χ0v) is 16.4. The minimum atomic E-state index is -1.68. The minimum Gasteiger partial charge on any atom is -0.352 e. The van der Waals surface area contributed by atoms with Crippen molar-refractivity contribution in [2.24, 2.45) is 0 Å². The van der Waals surface area contributed by atoms with Crippen LogP contribution in [0.2, 0.25) is 0 Å². The molecule has 8 heteroatoms. The number of carbonyl (C=O) groups is 1. The molecule has 4 nitrogen and oxygen atoms in total. The number of nitrogens with one attached hydrogen (secondary N) is 1. The summed E-state index contributed by atoms with van der Waals surface area (Å²) >= 11 is 23.7. The van der Waals surface area contributed by atoms with Crippen LogP contribution in [0, 0.1) is 0 Å². The lowest BCUT2D eigenvalue weighted by atomic mass is 10.1. The Balaban J connectivity index is 2.01. The molecular weight excluding hydrogens is 389 g/mol. The summed E-state index contributed by atoms with van der Waals surface area (Å²) in [6.07, 6.45) is 1.04. The number of carbonyl (C=O) groups excluding carboxylic acids is 1. The monoisotopic (exact) mass is 407 g/mol. The second kappa shape index (κ2) is 8.56. The maximum absolute atomic E-state index is 12.3. The summed E-state index contributed by atoms with van der Waals surface area (Å²) in [5, 5.41) is 3.40. The zero-order valence-electron chi connectivity index (χ0n) is 13.3. The number of benzene rings is 1. The van der Waals surface area contributed by atoms with Gasteiger partial charge >= 0.3 is 0 Å². The lowest BCUT2D eigenvalue weighted by molar-refractivity contribution is -0.122. The van der Waals surface area contributed by atoms with E-state index in [-0.39, 0.29) is 5.91 Å². The average Bonchev–Trinajstić information content (AvgIpc) is 2.53. The van der Waals surface area contributed by atoms with Crippen LogP contribution in [0.4, 0.5) is 0 Å². The van der Waals surface area contributed by atoms with Crippen LogP contribution in [0.5, 0.6) is 0 Å². The third-order valence-electron chi connectivity index (χ3n) is 3.87. The summed E-state index contributed by atoms with van der Waals surface area (Å²) in [6, 6.07) is 9.79. The topological polar surface area (TPSA) is 35.6 Å². The van der Waals surface area contributed by atoms with E-state index in [0.29, 0.717) is 24.5 Å². The number of amides is 1. The van der Waals surface area contributed by atoms with Gasteiger partial charge in [-0.3, -0.25) is 4.79 Å². The predicted octanol–water partition coefficient (Wildman–Crippen LogP) is 3.35. The van der Waals surface area contributed by atoms with Crippen LogP contribution in [-0.2, 0) is 11.2 Å². The highest BCUT2D eigenvalue weighted by molar-refractivity contribution is 7.80. The molecular formula is C16H20Cl3N3OS. The number of halogens is 3. The van der Waals surface area contributed by atoms with Gasteiger partial charge in [0.15, 0.2) is 11.3 Å². The first kappa shape index (κ1) is 19.6. The molecule has 0 saturated carbocycles. The van der Waals surface area contributed by atoms with Crippen molar-refractivity contribution in [1.29, 1.82) is 0 Å². The first-order valence-electron chi connectivity index (χ1n) is 7.71. The number of hydrogen-bond acceptors (Lipinski definition) is 2. The lowest BCUT2D eigenvalue weighted by Crippen LogP contribution is -2.62. The Morgan fingerprint density at radius 2 is 1.96 bits per heavy atom. The SMILES string of the molecule is CN1CCCN(C(NC(=O)CCc2ccccc2)C(Cl)(Cl)Cl)C1=S. The number of nitrogens with zero attached hydrogens (tertiary/aromatic N) is 2. The summed E-state index contributed by atoms with van der Waals surface area (Å²) in [7, 11) is 1.89. The average molecular weight is 409 g/mol. The number of hydrogen-bond donors (Lipinski definition) is 1. The van der Waals surface area contributed by atoms with Crippen molar-refractivity contribution in [3.05, 3.63) is 35.9 Å². The van der Waals surface area contributed by atoms with E-state index in [1.54, 1.807) is 4.90 Å². The van der Waals surface area contributed by atoms with E-state index in [4.69, 9.17) is 47.0 Å². The Hall–Kier alpha value is -0.750. The Labute approximate surface area is 163 Å². The van der Waals surface area contributed by atoms with Crippen LogP contribution in [0.1, 0.15) is 18.4 Å². The van der Waals surface area contributed by atoms with Crippen molar-refractivity contribution in [2.45, 2.75) is 29.2 Å². The van der Waals surface area contributed by atoms with Gasteiger partial charge in [-0.25, -0.2) is 0 Å². The summed E-state index contributed by atoms with van der Waals surface area (Å²) in [4.78, 5) is 16.0. The molecule has 0 radical (unpaired) electrons. The lowest BCUT2D eigenvalue weighted by Gasteiger charge is -2.43. The number of alkyl halides is 3. The van der Waals surface area contributed by atoms with E-state index in [1.165, 1.54) is 0 Å². The fourth-order valence-electron chi connectivity index (χ4n) is 2.59. The van der Waals surface area contributed by atoms with Crippen molar-refractivity contribution < 1.29 is 4.79 Å². The highest BCUT2D eigenvalue weighted by Crippen LogP contribution is 2.33. The molecule has 1 aromatic carbocycles. The van der Waals surface area contributed by atoms with Gasteiger partial charge in [0.2, 0.25) is 9.70 Å². The molecule has 1 amide bonds. The Kier molecular flexibility index (Phi) is 6.99. The molecule has 0 bridgehead atoms. The molecule has 2 rings (SSSR count). The van der Waals surface area contributed by atoms with Crippen LogP contribution >= 0.6 is 47.0 Å². The molecule has 1 unspecified atom stereocenters. The largest absolute Gasteiger partial charge is 0.352 e. The van der Waals surface area contributed by atoms with E-state index in [0.717, 1.165) is 18.5 Å². The van der Waals surface area contributed by atoms with Crippen LogP contribution < -0.4 is 5.32 Å². The van der Waals surface area contributed by atoms with Crippen LogP contribution in [0.15, 0.2) is 30.3 Å². The molecule has 1 aliphatic heterocycles. The van der Waals surface area contributed by atoms with Gasteiger partial charge in [0.25, 0.3) is 0 Å². The van der Waals surface area contributed by atoms with Gasteiger partial charge in [0, 0.05) is 26.6 Å². The molecule has 0 spiro atoms. The maximum Gasteiger partial charge on any atom is 0.228 e. The molecule has 1 aliphatic rings. The smallest absolute Gasteiger partial charge is 0.228 e. The van der Waals surface area contributed by atoms with Gasteiger partial charge in [0.1, 0.15) is 0 Å². The highest BCUT2D eigenvalue weighted by atomic mass is 35.6. The minimum absolute atomic E-state index is 0.175. The fraction of sp³-hybridized carbons (Fsp3) is 0.500. The molecule has 1 N–H and O–H groups in total. The summed E-state index contributed by atoms with van der Waals surface area (Å²) < 4.78 is -1.68. The summed E-state index contributed by atoms with van der Waals surface area (Å²) in [6.45, 7) is 1.49. The summed E-state index contributed by atoms with van der Waals surface area (Å²) in [5.41, 5.74) is 1.09. The maximum atomic E-state index is 12.3. The zero-order chi connectivity index (χ0) is 17.7. The van der Waals surface area contributed by atoms with Crippen molar-refractivity contribution in [3.8, 4) is 0 Å². The number of thiocarbonyl (C=S) groups is 1. The quantitative estimate of drug-likeness (QED) is 0.598. The highest BCUT2D eigenvalue weighted by Gasteiger charge is 2.41. The second-order valence-corrected chi connectivity index (χ2v) is 8.48. The Morgan fingerprint density at radius 3 is 2.58 bits per heavy atom. The van der Waals surface area contributed by atoms with Crippen LogP contribution in [-0.4, -0.2) is 50.9 Å². The first-order valence-corrected chi connectivity index (χ1v) is 9.25. The van der Waals surface area contributed by atoms with Gasteiger partial charge in [-0.15, -0.1) is 0 Å². The van der Waals surface area contributed by atoms with Gasteiger partial charge < -0.3 is 15.1 Å². The predicted molar refractivity (Wildman–Crippen MR) is 104 cm³/mol. The third kappa shape index (κ3) is 5.38. The van der Waals surface area contributed by atoms with Crippen molar-refractivity contribution in [2.75, 3.05) is 20.1 Å². The van der Waals surface area contributed by atoms with E-state index < -0.39 is 9.96 Å². The van der Waals surface area contributed by atoms with Crippen molar-refractivity contribution in [1.82, 2.24) is 15.1 Å². The number of rotatable bonds is 5. The molecule has 1 heterocycles. The standard InChI is InChI=1S/C16H20Cl3N3OS/c1-21-10-5-11-22(15(21)24)14(16(17,18)19)20-13(23)9-8-12-6-3-2-4-7-12/h2-4,6-7,14H,5,8-11H2,1H3,(H,20,23). The molecule has 24 heavy (non-hydrogen) atoms. The van der Waals surface area contributed by atoms with Gasteiger partial charge in [-0.05, 0) is 30.6 Å².